The van der Waals surface area contributed by atoms with Gasteiger partial charge in [-0.2, -0.15) is 0 Å². The minimum Gasteiger partial charge on any atom is -0.303 e. The van der Waals surface area contributed by atoms with Gasteiger partial charge in [-0.1, -0.05) is 13.8 Å². The Balaban J connectivity index is 1.46. The van der Waals surface area contributed by atoms with E-state index in [1.54, 1.807) is 0 Å². The van der Waals surface area contributed by atoms with Gasteiger partial charge >= 0.3 is 0 Å². The third-order valence-electron chi connectivity index (χ3n) is 7.10. The predicted octanol–water partition coefficient (Wildman–Crippen LogP) is 3.69. The number of hydrogen-bond donors (Lipinski definition) is 0. The van der Waals surface area contributed by atoms with Crippen LogP contribution in [0.4, 0.5) is 0 Å². The smallest absolute Gasteiger partial charge is 0.0206 e. The summed E-state index contributed by atoms with van der Waals surface area (Å²) in [6.07, 6.45) is 7.14. The molecule has 0 unspecified atom stereocenters. The van der Waals surface area contributed by atoms with Gasteiger partial charge in [0.2, 0.25) is 0 Å². The molecule has 0 aromatic rings. The largest absolute Gasteiger partial charge is 0.303 e. The Hall–Kier alpha value is -0.120. The van der Waals surface area contributed by atoms with Gasteiger partial charge in [0.25, 0.3) is 0 Å². The van der Waals surface area contributed by atoms with Crippen molar-refractivity contribution >= 4 is 0 Å². The van der Waals surface area contributed by atoms with Crippen molar-refractivity contribution in [3.05, 3.63) is 0 Å². The molecular weight excluding hydrogens is 294 g/mol. The lowest BCUT2D eigenvalue weighted by Crippen LogP contribution is -2.60. The van der Waals surface area contributed by atoms with Crippen molar-refractivity contribution in [1.82, 2.24) is 14.7 Å². The van der Waals surface area contributed by atoms with Crippen molar-refractivity contribution in [1.29, 1.82) is 0 Å². The number of piperidine rings is 1. The number of hydrogen-bond acceptors (Lipinski definition) is 3. The fourth-order valence-corrected chi connectivity index (χ4v) is 5.23. The topological polar surface area (TPSA) is 9.72 Å². The van der Waals surface area contributed by atoms with Crippen LogP contribution in [0.15, 0.2) is 0 Å². The monoisotopic (exact) mass is 335 g/mol. The lowest BCUT2D eigenvalue weighted by atomic mass is 9.85. The van der Waals surface area contributed by atoms with Crippen LogP contribution in [0.2, 0.25) is 0 Å². The molecule has 2 saturated heterocycles. The zero-order valence-electron chi connectivity index (χ0n) is 17.0. The minimum atomic E-state index is 0.453. The number of piperazine rings is 1. The van der Waals surface area contributed by atoms with Crippen molar-refractivity contribution in [2.75, 3.05) is 45.8 Å². The molecule has 0 amide bonds. The summed E-state index contributed by atoms with van der Waals surface area (Å²) in [5.74, 6) is 0.861. The van der Waals surface area contributed by atoms with Crippen molar-refractivity contribution in [3.8, 4) is 0 Å². The first-order chi connectivity index (χ1) is 11.3. The lowest BCUT2D eigenvalue weighted by molar-refractivity contribution is -0.00974. The summed E-state index contributed by atoms with van der Waals surface area (Å²) >= 11 is 0. The van der Waals surface area contributed by atoms with Crippen LogP contribution in [-0.2, 0) is 0 Å². The molecule has 0 N–H and O–H groups in total. The standard InChI is InChI=1S/C21H41N3/c1-18(2)16-21(6-7-21)17-22-10-8-20(5,9-11-22)24-14-12-23(13-15-24)19(3)4/h18-19H,6-17H2,1-5H3. The molecule has 3 fully saturated rings. The lowest BCUT2D eigenvalue weighted by Gasteiger charge is -2.50. The third kappa shape index (κ3) is 4.34. The molecule has 0 spiro atoms. The summed E-state index contributed by atoms with van der Waals surface area (Å²) in [6, 6.07) is 0.706. The summed E-state index contributed by atoms with van der Waals surface area (Å²) in [5, 5.41) is 0. The van der Waals surface area contributed by atoms with Gasteiger partial charge in [0.05, 0.1) is 0 Å². The molecule has 2 heterocycles. The first-order valence-corrected chi connectivity index (χ1v) is 10.5. The average molecular weight is 336 g/mol. The van der Waals surface area contributed by atoms with E-state index in [1.165, 1.54) is 77.9 Å². The van der Waals surface area contributed by atoms with Crippen molar-refractivity contribution in [3.63, 3.8) is 0 Å². The summed E-state index contributed by atoms with van der Waals surface area (Å²) < 4.78 is 0. The molecule has 0 atom stereocenters. The Morgan fingerprint density at radius 3 is 1.83 bits per heavy atom. The molecule has 3 aliphatic rings. The summed E-state index contributed by atoms with van der Waals surface area (Å²) in [7, 11) is 0. The fraction of sp³-hybridized carbons (Fsp3) is 1.00. The predicted molar refractivity (Wildman–Crippen MR) is 103 cm³/mol. The van der Waals surface area contributed by atoms with Crippen LogP contribution >= 0.6 is 0 Å². The Labute approximate surface area is 150 Å². The second-order valence-corrected chi connectivity index (χ2v) is 9.99. The average Bonchev–Trinajstić information content (AvgIpc) is 3.28. The van der Waals surface area contributed by atoms with Crippen molar-refractivity contribution in [2.24, 2.45) is 11.3 Å². The second-order valence-electron chi connectivity index (χ2n) is 9.99. The summed E-state index contributed by atoms with van der Waals surface area (Å²) in [5.41, 5.74) is 1.15. The number of nitrogens with zero attached hydrogens (tertiary/aromatic N) is 3. The van der Waals surface area contributed by atoms with E-state index < -0.39 is 0 Å². The highest BCUT2D eigenvalue weighted by atomic mass is 15.3. The van der Waals surface area contributed by atoms with Crippen molar-refractivity contribution < 1.29 is 0 Å². The van der Waals surface area contributed by atoms with E-state index in [1.807, 2.05) is 0 Å². The van der Waals surface area contributed by atoms with Gasteiger partial charge in [0, 0.05) is 44.3 Å². The number of likely N-dealkylation sites (tertiary alicyclic amines) is 1. The zero-order chi connectivity index (χ0) is 17.4. The molecule has 140 valence electrons. The quantitative estimate of drug-likeness (QED) is 0.733. The van der Waals surface area contributed by atoms with Gasteiger partial charge < -0.3 is 4.90 Å². The van der Waals surface area contributed by atoms with Crippen LogP contribution in [-0.4, -0.2) is 72.1 Å². The Morgan fingerprint density at radius 1 is 0.792 bits per heavy atom. The first kappa shape index (κ1) is 18.7. The molecule has 0 aromatic heterocycles. The van der Waals surface area contributed by atoms with E-state index in [-0.39, 0.29) is 0 Å². The van der Waals surface area contributed by atoms with Gasteiger partial charge in [0.15, 0.2) is 0 Å². The van der Waals surface area contributed by atoms with Crippen LogP contribution in [0.25, 0.3) is 0 Å². The second kappa shape index (κ2) is 7.25. The van der Waals surface area contributed by atoms with Gasteiger partial charge in [-0.05, 0) is 77.3 Å². The van der Waals surface area contributed by atoms with Crippen LogP contribution in [0.3, 0.4) is 0 Å². The Bertz CT molecular complexity index is 397. The summed E-state index contributed by atoms with van der Waals surface area (Å²) in [6.45, 7) is 21.1. The molecule has 1 aliphatic carbocycles. The Kier molecular flexibility index (Phi) is 5.64. The van der Waals surface area contributed by atoms with Gasteiger partial charge in [0.1, 0.15) is 0 Å². The molecule has 3 nitrogen and oxygen atoms in total. The van der Waals surface area contributed by atoms with Crippen LogP contribution in [0.5, 0.6) is 0 Å². The molecular formula is C21H41N3. The third-order valence-corrected chi connectivity index (χ3v) is 7.10. The normalized spacial score (nSPS) is 28.6. The van der Waals surface area contributed by atoms with E-state index in [0.717, 1.165) is 5.92 Å². The highest BCUT2D eigenvalue weighted by molar-refractivity contribution is 4.99. The van der Waals surface area contributed by atoms with Crippen LogP contribution < -0.4 is 0 Å². The van der Waals surface area contributed by atoms with Crippen LogP contribution in [0.1, 0.15) is 66.7 Å². The molecule has 1 saturated carbocycles. The van der Waals surface area contributed by atoms with E-state index >= 15 is 0 Å². The fourth-order valence-electron chi connectivity index (χ4n) is 5.23. The molecule has 0 radical (unpaired) electrons. The summed E-state index contributed by atoms with van der Waals surface area (Å²) in [4.78, 5) is 8.24. The molecule has 3 rings (SSSR count). The van der Waals surface area contributed by atoms with E-state index in [0.29, 0.717) is 17.0 Å². The maximum Gasteiger partial charge on any atom is 0.0206 e. The highest BCUT2D eigenvalue weighted by Crippen LogP contribution is 2.51. The molecule has 0 bridgehead atoms. The highest BCUT2D eigenvalue weighted by Gasteiger charge is 2.45. The molecule has 3 heteroatoms. The van der Waals surface area contributed by atoms with Crippen molar-refractivity contribution in [2.45, 2.75) is 78.3 Å². The van der Waals surface area contributed by atoms with E-state index in [4.69, 9.17) is 0 Å². The molecule has 24 heavy (non-hydrogen) atoms. The van der Waals surface area contributed by atoms with E-state index in [9.17, 15) is 0 Å². The van der Waals surface area contributed by atoms with Gasteiger partial charge in [-0.15, -0.1) is 0 Å². The molecule has 0 aromatic carbocycles. The maximum absolute atomic E-state index is 2.81. The SMILES string of the molecule is CC(C)CC1(CN2CCC(C)(N3CCN(C(C)C)CC3)CC2)CC1. The number of rotatable bonds is 6. The zero-order valence-corrected chi connectivity index (χ0v) is 17.0. The minimum absolute atomic E-state index is 0.453. The van der Waals surface area contributed by atoms with E-state index in [2.05, 4.69) is 49.3 Å². The van der Waals surface area contributed by atoms with Crippen LogP contribution in [0, 0.1) is 11.3 Å². The molecule has 2 aliphatic heterocycles. The maximum atomic E-state index is 2.81. The Morgan fingerprint density at radius 2 is 1.38 bits per heavy atom. The van der Waals surface area contributed by atoms with Gasteiger partial charge in [-0.25, -0.2) is 0 Å². The first-order valence-electron chi connectivity index (χ1n) is 10.5. The van der Waals surface area contributed by atoms with Gasteiger partial charge in [-0.3, -0.25) is 9.80 Å².